The summed E-state index contributed by atoms with van der Waals surface area (Å²) in [5, 5.41) is 0. The first kappa shape index (κ1) is 17.8. The van der Waals surface area contributed by atoms with Crippen LogP contribution in [0.25, 0.3) is 0 Å². The van der Waals surface area contributed by atoms with Gasteiger partial charge >= 0.3 is 0 Å². The molecule has 0 bridgehead atoms. The minimum atomic E-state index is -0.0634. The number of ether oxygens (including phenoxy) is 2. The second kappa shape index (κ2) is 7.88. The summed E-state index contributed by atoms with van der Waals surface area (Å²) in [6.45, 7) is 4.14. The lowest BCUT2D eigenvalue weighted by Crippen LogP contribution is -2.55. The Labute approximate surface area is 147 Å². The van der Waals surface area contributed by atoms with Crippen LogP contribution in [0.5, 0.6) is 0 Å². The van der Waals surface area contributed by atoms with E-state index in [1.165, 1.54) is 6.33 Å². The van der Waals surface area contributed by atoms with Crippen LogP contribution < -0.4 is 0 Å². The Balaban J connectivity index is 1.72. The van der Waals surface area contributed by atoms with E-state index < -0.39 is 0 Å². The Morgan fingerprint density at radius 1 is 1.40 bits per heavy atom. The predicted octanol–water partition coefficient (Wildman–Crippen LogP) is 0.263. The number of aryl methyl sites for hydroxylation is 1. The van der Waals surface area contributed by atoms with Crippen molar-refractivity contribution in [3.63, 3.8) is 0 Å². The molecule has 0 radical (unpaired) electrons. The first-order chi connectivity index (χ1) is 12.1. The van der Waals surface area contributed by atoms with Gasteiger partial charge in [0.05, 0.1) is 30.0 Å². The zero-order valence-electron chi connectivity index (χ0n) is 14.7. The lowest BCUT2D eigenvalue weighted by molar-refractivity contribution is -0.158. The molecule has 8 heteroatoms. The second-order valence-electron chi connectivity index (χ2n) is 6.39. The van der Waals surface area contributed by atoms with Crippen LogP contribution in [-0.2, 0) is 14.3 Å². The van der Waals surface area contributed by atoms with Crippen LogP contribution in [-0.4, -0.2) is 83.7 Å². The predicted molar refractivity (Wildman–Crippen MR) is 89.0 cm³/mol. The molecule has 136 valence electrons. The van der Waals surface area contributed by atoms with Crippen molar-refractivity contribution in [2.45, 2.75) is 31.9 Å². The molecule has 2 amide bonds. The molecule has 0 unspecified atom stereocenters. The maximum atomic E-state index is 12.8. The van der Waals surface area contributed by atoms with Crippen LogP contribution in [0.15, 0.2) is 12.5 Å². The Bertz CT molecular complexity index is 639. The first-order valence-corrected chi connectivity index (χ1v) is 8.57. The third-order valence-corrected chi connectivity index (χ3v) is 4.91. The average Bonchev–Trinajstić information content (AvgIpc) is 2.83. The van der Waals surface area contributed by atoms with E-state index in [-0.39, 0.29) is 30.6 Å². The Morgan fingerprint density at radius 2 is 2.20 bits per heavy atom. The highest BCUT2D eigenvalue weighted by Gasteiger charge is 2.39. The van der Waals surface area contributed by atoms with Crippen molar-refractivity contribution in [1.29, 1.82) is 0 Å². The van der Waals surface area contributed by atoms with E-state index in [2.05, 4.69) is 9.97 Å². The summed E-state index contributed by atoms with van der Waals surface area (Å²) in [6, 6.07) is -0.0117. The van der Waals surface area contributed by atoms with Gasteiger partial charge in [-0.25, -0.2) is 9.97 Å². The van der Waals surface area contributed by atoms with Crippen LogP contribution in [0.1, 0.15) is 28.9 Å². The van der Waals surface area contributed by atoms with Gasteiger partial charge in [0.15, 0.2) is 0 Å². The molecule has 25 heavy (non-hydrogen) atoms. The number of aromatic nitrogens is 2. The average molecular weight is 348 g/mol. The molecule has 2 atom stereocenters. The van der Waals surface area contributed by atoms with Crippen molar-refractivity contribution in [2.24, 2.45) is 0 Å². The Morgan fingerprint density at radius 3 is 2.96 bits per heavy atom. The summed E-state index contributed by atoms with van der Waals surface area (Å²) in [5.74, 6) is -0.0723. The van der Waals surface area contributed by atoms with Gasteiger partial charge in [-0.2, -0.15) is 0 Å². The molecule has 2 aliphatic heterocycles. The molecule has 1 aromatic heterocycles. The number of amides is 2. The summed E-state index contributed by atoms with van der Waals surface area (Å²) in [4.78, 5) is 36.7. The van der Waals surface area contributed by atoms with Crippen LogP contribution in [0.3, 0.4) is 0 Å². The van der Waals surface area contributed by atoms with Gasteiger partial charge in [0.1, 0.15) is 12.9 Å². The van der Waals surface area contributed by atoms with Gasteiger partial charge in [0.25, 0.3) is 5.91 Å². The number of hydrogen-bond acceptors (Lipinski definition) is 6. The zero-order chi connectivity index (χ0) is 17.8. The third-order valence-electron chi connectivity index (χ3n) is 4.91. The van der Waals surface area contributed by atoms with Gasteiger partial charge in [-0.3, -0.25) is 9.59 Å². The lowest BCUT2D eigenvalue weighted by Gasteiger charge is -2.40. The quantitative estimate of drug-likeness (QED) is 0.776. The van der Waals surface area contributed by atoms with Crippen molar-refractivity contribution in [2.75, 3.05) is 40.0 Å². The van der Waals surface area contributed by atoms with Crippen molar-refractivity contribution in [3.8, 4) is 0 Å². The first-order valence-electron chi connectivity index (χ1n) is 8.57. The van der Waals surface area contributed by atoms with E-state index in [9.17, 15) is 9.59 Å². The number of methoxy groups -OCH3 is 1. The molecule has 8 nitrogen and oxygen atoms in total. The number of hydrogen-bond donors (Lipinski definition) is 0. The number of morpholine rings is 1. The molecule has 0 spiro atoms. The summed E-state index contributed by atoms with van der Waals surface area (Å²) in [7, 11) is 1.63. The number of nitrogens with zero attached hydrogens (tertiary/aromatic N) is 4. The van der Waals surface area contributed by atoms with E-state index in [0.29, 0.717) is 50.3 Å². The highest BCUT2D eigenvalue weighted by atomic mass is 16.5. The SMILES string of the molecule is COCCN1C(=O)CO[C@H]2CCN(C(=O)c3cncnc3C)CC[C@@H]21. The van der Waals surface area contributed by atoms with Crippen LogP contribution in [0, 0.1) is 6.92 Å². The van der Waals surface area contributed by atoms with Gasteiger partial charge in [0.2, 0.25) is 5.91 Å². The van der Waals surface area contributed by atoms with Gasteiger partial charge in [-0.05, 0) is 19.8 Å². The zero-order valence-corrected chi connectivity index (χ0v) is 14.7. The number of rotatable bonds is 4. The molecule has 3 rings (SSSR count). The highest BCUT2D eigenvalue weighted by Crippen LogP contribution is 2.25. The van der Waals surface area contributed by atoms with E-state index >= 15 is 0 Å². The summed E-state index contributed by atoms with van der Waals surface area (Å²) in [5.41, 5.74) is 1.20. The molecule has 1 aromatic rings. The molecular weight excluding hydrogens is 324 g/mol. The van der Waals surface area contributed by atoms with Crippen molar-refractivity contribution < 1.29 is 19.1 Å². The number of carbonyl (C=O) groups is 2. The molecule has 0 N–H and O–H groups in total. The molecule has 0 aromatic carbocycles. The third kappa shape index (κ3) is 3.80. The van der Waals surface area contributed by atoms with E-state index in [4.69, 9.17) is 9.47 Å². The minimum absolute atomic E-state index is 0.00891. The fourth-order valence-corrected chi connectivity index (χ4v) is 3.51. The molecule has 2 aliphatic rings. The van der Waals surface area contributed by atoms with Gasteiger partial charge in [0, 0.05) is 32.9 Å². The smallest absolute Gasteiger partial charge is 0.257 e. The van der Waals surface area contributed by atoms with Crippen molar-refractivity contribution >= 4 is 11.8 Å². The number of fused-ring (bicyclic) bond motifs is 1. The van der Waals surface area contributed by atoms with Gasteiger partial charge in [-0.15, -0.1) is 0 Å². The fourth-order valence-electron chi connectivity index (χ4n) is 3.51. The molecule has 2 fully saturated rings. The second-order valence-corrected chi connectivity index (χ2v) is 6.39. The van der Waals surface area contributed by atoms with Crippen LogP contribution >= 0.6 is 0 Å². The lowest BCUT2D eigenvalue weighted by atomic mass is 10.0. The molecule has 0 saturated carbocycles. The van der Waals surface area contributed by atoms with Crippen LogP contribution in [0.4, 0.5) is 0 Å². The molecule has 0 aliphatic carbocycles. The topological polar surface area (TPSA) is 84.9 Å². The Hall–Kier alpha value is -2.06. The highest BCUT2D eigenvalue weighted by molar-refractivity contribution is 5.94. The minimum Gasteiger partial charge on any atom is -0.383 e. The van der Waals surface area contributed by atoms with E-state index in [1.54, 1.807) is 20.2 Å². The molecule has 2 saturated heterocycles. The summed E-state index contributed by atoms with van der Waals surface area (Å²) < 4.78 is 10.9. The van der Waals surface area contributed by atoms with Gasteiger partial charge < -0.3 is 19.3 Å². The van der Waals surface area contributed by atoms with Gasteiger partial charge in [-0.1, -0.05) is 0 Å². The maximum Gasteiger partial charge on any atom is 0.257 e. The summed E-state index contributed by atoms with van der Waals surface area (Å²) in [6.07, 6.45) is 4.36. The maximum absolute atomic E-state index is 12.8. The normalized spacial score (nSPS) is 24.0. The fraction of sp³-hybridized carbons (Fsp3) is 0.647. The van der Waals surface area contributed by atoms with Crippen LogP contribution in [0.2, 0.25) is 0 Å². The van der Waals surface area contributed by atoms with Crippen molar-refractivity contribution in [3.05, 3.63) is 23.8 Å². The number of likely N-dealkylation sites (tertiary alicyclic amines) is 1. The largest absolute Gasteiger partial charge is 0.383 e. The summed E-state index contributed by atoms with van der Waals surface area (Å²) >= 11 is 0. The molecular formula is C17H24N4O4. The Kier molecular flexibility index (Phi) is 5.60. The number of carbonyl (C=O) groups excluding carboxylic acids is 2. The monoisotopic (exact) mass is 348 g/mol. The van der Waals surface area contributed by atoms with E-state index in [1.807, 2.05) is 9.80 Å². The van der Waals surface area contributed by atoms with E-state index in [0.717, 1.165) is 0 Å². The van der Waals surface area contributed by atoms with Crippen molar-refractivity contribution in [1.82, 2.24) is 19.8 Å². The molecule has 3 heterocycles. The standard InChI is InChI=1S/C17H24N4O4/c1-12-13(9-18-11-19-12)17(23)20-5-3-14-15(4-6-20)25-10-16(22)21(14)7-8-24-2/h9,11,14-15H,3-8,10H2,1-2H3/t14-,15-/m0/s1.